The van der Waals surface area contributed by atoms with E-state index in [4.69, 9.17) is 10.5 Å². The zero-order valence-electron chi connectivity index (χ0n) is 10.9. The van der Waals surface area contributed by atoms with Crippen LogP contribution in [-0.2, 0) is 4.79 Å². The van der Waals surface area contributed by atoms with Crippen LogP contribution in [0.4, 0.5) is 17.1 Å². The molecule has 1 heterocycles. The molecule has 1 aliphatic carbocycles. The van der Waals surface area contributed by atoms with Gasteiger partial charge in [0.1, 0.15) is 5.75 Å². The predicted octanol–water partition coefficient (Wildman–Crippen LogP) is 2.20. The number of rotatable bonds is 3. The molecule has 5 heteroatoms. The summed E-state index contributed by atoms with van der Waals surface area (Å²) in [6, 6.07) is 3.63. The van der Waals surface area contributed by atoms with Crippen LogP contribution in [0.1, 0.15) is 25.7 Å². The monoisotopic (exact) mass is 261 g/mol. The number of nitrogens with one attached hydrogen (secondary N) is 2. The maximum absolute atomic E-state index is 11.3. The van der Waals surface area contributed by atoms with Gasteiger partial charge in [0, 0.05) is 12.6 Å². The lowest BCUT2D eigenvalue weighted by molar-refractivity contribution is -0.118. The zero-order valence-corrected chi connectivity index (χ0v) is 10.9. The first-order valence-electron chi connectivity index (χ1n) is 6.82. The third-order valence-corrected chi connectivity index (χ3v) is 3.84. The summed E-state index contributed by atoms with van der Waals surface area (Å²) in [5.41, 5.74) is 8.23. The Hall–Kier alpha value is -1.91. The van der Waals surface area contributed by atoms with E-state index in [0.717, 1.165) is 18.2 Å². The lowest BCUT2D eigenvalue weighted by Gasteiger charge is -2.21. The molecule has 0 saturated heterocycles. The van der Waals surface area contributed by atoms with Crippen molar-refractivity contribution < 1.29 is 9.53 Å². The number of benzene rings is 1. The minimum absolute atomic E-state index is 0.0568. The first-order valence-corrected chi connectivity index (χ1v) is 6.82. The number of carbonyl (C=O) groups excluding carboxylic acids is 1. The highest BCUT2D eigenvalue weighted by Crippen LogP contribution is 2.35. The van der Waals surface area contributed by atoms with Crippen molar-refractivity contribution in [1.82, 2.24) is 0 Å². The number of hydrogen-bond acceptors (Lipinski definition) is 4. The van der Waals surface area contributed by atoms with E-state index in [9.17, 15) is 4.79 Å². The standard InChI is InChI=1S/C14H19N3O2/c15-10-5-13-12(17-14(18)8-19-13)6-11(10)16-7-9-3-1-2-4-9/h5-6,9,16H,1-4,7-8,15H2,(H,17,18). The summed E-state index contributed by atoms with van der Waals surface area (Å²) in [7, 11) is 0. The van der Waals surface area contributed by atoms with Crippen molar-refractivity contribution in [3.63, 3.8) is 0 Å². The molecule has 0 atom stereocenters. The Morgan fingerprint density at radius 3 is 2.95 bits per heavy atom. The fourth-order valence-electron chi connectivity index (χ4n) is 2.76. The Balaban J connectivity index is 1.73. The second-order valence-electron chi connectivity index (χ2n) is 5.30. The number of carbonyl (C=O) groups is 1. The molecule has 1 aliphatic heterocycles. The van der Waals surface area contributed by atoms with Gasteiger partial charge in [-0.05, 0) is 24.8 Å². The molecular formula is C14H19N3O2. The number of anilines is 3. The molecule has 0 aromatic heterocycles. The highest BCUT2D eigenvalue weighted by molar-refractivity contribution is 5.97. The van der Waals surface area contributed by atoms with E-state index in [2.05, 4.69) is 10.6 Å². The van der Waals surface area contributed by atoms with Crippen molar-refractivity contribution in [2.75, 3.05) is 29.5 Å². The SMILES string of the molecule is Nc1cc2c(cc1NCC1CCCC1)NC(=O)CO2. The fraction of sp³-hybridized carbons (Fsp3) is 0.500. The normalized spacial score (nSPS) is 18.6. The third kappa shape index (κ3) is 2.59. The number of ether oxygens (including phenoxy) is 1. The van der Waals surface area contributed by atoms with Crippen LogP contribution in [0.5, 0.6) is 5.75 Å². The van der Waals surface area contributed by atoms with Crippen LogP contribution in [0, 0.1) is 5.92 Å². The molecule has 1 aromatic carbocycles. The van der Waals surface area contributed by atoms with Crippen LogP contribution in [0.15, 0.2) is 12.1 Å². The van der Waals surface area contributed by atoms with E-state index in [1.807, 2.05) is 6.07 Å². The Bertz CT molecular complexity index is 496. The van der Waals surface area contributed by atoms with Gasteiger partial charge < -0.3 is 21.1 Å². The number of amides is 1. The first-order chi connectivity index (χ1) is 9.22. The summed E-state index contributed by atoms with van der Waals surface area (Å²) >= 11 is 0. The summed E-state index contributed by atoms with van der Waals surface area (Å²) in [5, 5.41) is 6.18. The summed E-state index contributed by atoms with van der Waals surface area (Å²) in [6.07, 6.45) is 5.24. The van der Waals surface area contributed by atoms with Crippen molar-refractivity contribution in [1.29, 1.82) is 0 Å². The lowest BCUT2D eigenvalue weighted by atomic mass is 10.1. The molecule has 3 rings (SSSR count). The molecule has 19 heavy (non-hydrogen) atoms. The molecule has 4 N–H and O–H groups in total. The smallest absolute Gasteiger partial charge is 0.262 e. The minimum Gasteiger partial charge on any atom is -0.482 e. The number of nitrogen functional groups attached to an aromatic ring is 1. The van der Waals surface area contributed by atoms with E-state index in [1.54, 1.807) is 6.07 Å². The van der Waals surface area contributed by atoms with Crippen LogP contribution in [-0.4, -0.2) is 19.1 Å². The average molecular weight is 261 g/mol. The van der Waals surface area contributed by atoms with Crippen molar-refractivity contribution in [2.45, 2.75) is 25.7 Å². The van der Waals surface area contributed by atoms with Gasteiger partial charge in [-0.3, -0.25) is 4.79 Å². The summed E-state index contributed by atoms with van der Waals surface area (Å²) in [5.74, 6) is 1.25. The topological polar surface area (TPSA) is 76.4 Å². The quantitative estimate of drug-likeness (QED) is 0.729. The molecule has 102 valence electrons. The van der Waals surface area contributed by atoms with Crippen LogP contribution in [0.2, 0.25) is 0 Å². The van der Waals surface area contributed by atoms with Crippen LogP contribution < -0.4 is 21.1 Å². The largest absolute Gasteiger partial charge is 0.482 e. The lowest BCUT2D eigenvalue weighted by Crippen LogP contribution is -2.25. The van der Waals surface area contributed by atoms with E-state index in [0.29, 0.717) is 17.1 Å². The molecule has 5 nitrogen and oxygen atoms in total. The second-order valence-corrected chi connectivity index (χ2v) is 5.30. The molecule has 1 saturated carbocycles. The minimum atomic E-state index is -0.126. The zero-order chi connectivity index (χ0) is 13.2. The van der Waals surface area contributed by atoms with Gasteiger partial charge in [-0.15, -0.1) is 0 Å². The summed E-state index contributed by atoms with van der Waals surface area (Å²) in [4.78, 5) is 11.3. The van der Waals surface area contributed by atoms with Gasteiger partial charge in [-0.1, -0.05) is 12.8 Å². The van der Waals surface area contributed by atoms with Gasteiger partial charge in [0.2, 0.25) is 0 Å². The van der Waals surface area contributed by atoms with Gasteiger partial charge in [0.25, 0.3) is 5.91 Å². The number of hydrogen-bond donors (Lipinski definition) is 3. The molecule has 0 bridgehead atoms. The van der Waals surface area contributed by atoms with Crippen LogP contribution >= 0.6 is 0 Å². The van der Waals surface area contributed by atoms with Crippen LogP contribution in [0.3, 0.4) is 0 Å². The van der Waals surface area contributed by atoms with Crippen molar-refractivity contribution in [3.05, 3.63) is 12.1 Å². The number of nitrogens with two attached hydrogens (primary N) is 1. The van der Waals surface area contributed by atoms with Gasteiger partial charge in [0.15, 0.2) is 6.61 Å². The Morgan fingerprint density at radius 2 is 2.16 bits per heavy atom. The van der Waals surface area contributed by atoms with Gasteiger partial charge in [-0.25, -0.2) is 0 Å². The number of fused-ring (bicyclic) bond motifs is 1. The molecule has 1 fully saturated rings. The Kier molecular flexibility index (Phi) is 3.19. The molecule has 2 aliphatic rings. The van der Waals surface area contributed by atoms with Gasteiger partial charge >= 0.3 is 0 Å². The molecule has 1 amide bonds. The molecule has 0 unspecified atom stereocenters. The maximum atomic E-state index is 11.3. The Morgan fingerprint density at radius 1 is 1.37 bits per heavy atom. The molecule has 0 spiro atoms. The predicted molar refractivity (Wildman–Crippen MR) is 75.4 cm³/mol. The summed E-state index contributed by atoms with van der Waals surface area (Å²) in [6.45, 7) is 0.999. The molecular weight excluding hydrogens is 242 g/mol. The summed E-state index contributed by atoms with van der Waals surface area (Å²) < 4.78 is 5.33. The molecule has 0 radical (unpaired) electrons. The Labute approximate surface area is 112 Å². The van der Waals surface area contributed by atoms with E-state index < -0.39 is 0 Å². The van der Waals surface area contributed by atoms with E-state index in [1.165, 1.54) is 25.7 Å². The maximum Gasteiger partial charge on any atom is 0.262 e. The van der Waals surface area contributed by atoms with E-state index >= 15 is 0 Å². The highest BCUT2D eigenvalue weighted by Gasteiger charge is 2.19. The van der Waals surface area contributed by atoms with Crippen molar-refractivity contribution in [2.24, 2.45) is 5.92 Å². The van der Waals surface area contributed by atoms with Crippen molar-refractivity contribution >= 4 is 23.0 Å². The first kappa shape index (κ1) is 12.1. The second kappa shape index (κ2) is 4.99. The molecule has 1 aromatic rings. The third-order valence-electron chi connectivity index (χ3n) is 3.84. The van der Waals surface area contributed by atoms with E-state index in [-0.39, 0.29) is 12.5 Å². The highest BCUT2D eigenvalue weighted by atomic mass is 16.5. The van der Waals surface area contributed by atoms with Gasteiger partial charge in [0.05, 0.1) is 17.1 Å². The van der Waals surface area contributed by atoms with Crippen molar-refractivity contribution in [3.8, 4) is 5.75 Å². The average Bonchev–Trinajstić information content (AvgIpc) is 2.90. The van der Waals surface area contributed by atoms with Gasteiger partial charge in [-0.2, -0.15) is 0 Å². The van der Waals surface area contributed by atoms with Crippen LogP contribution in [0.25, 0.3) is 0 Å². The fourth-order valence-corrected chi connectivity index (χ4v) is 2.76.